The molecule has 0 spiro atoms. The molecule has 0 bridgehead atoms. The maximum absolute atomic E-state index is 2.59. The van der Waals surface area contributed by atoms with Crippen LogP contribution in [0.25, 0.3) is 0 Å². The largest absolute Gasteiger partial charge is 0.303 e. The van der Waals surface area contributed by atoms with E-state index in [1.165, 1.54) is 50.9 Å². The van der Waals surface area contributed by atoms with Crippen molar-refractivity contribution in [1.29, 1.82) is 0 Å². The summed E-state index contributed by atoms with van der Waals surface area (Å²) in [6.45, 7) is 12.7. The number of rotatable bonds is 8. The van der Waals surface area contributed by atoms with Gasteiger partial charge in [-0.1, -0.05) is 25.5 Å². The molecule has 0 aromatic rings. The Morgan fingerprint density at radius 1 is 1.07 bits per heavy atom. The Morgan fingerprint density at radius 3 is 2.07 bits per heavy atom. The van der Waals surface area contributed by atoms with Gasteiger partial charge in [0, 0.05) is 0 Å². The van der Waals surface area contributed by atoms with Crippen LogP contribution in [0.2, 0.25) is 0 Å². The van der Waals surface area contributed by atoms with Gasteiger partial charge >= 0.3 is 0 Å². The summed E-state index contributed by atoms with van der Waals surface area (Å²) in [6.07, 6.45) is 7.37. The molecule has 0 aliphatic rings. The molecule has 0 saturated heterocycles. The van der Waals surface area contributed by atoms with Crippen molar-refractivity contribution in [3.05, 3.63) is 11.6 Å². The zero-order valence-electron chi connectivity index (χ0n) is 10.5. The molecule has 0 heterocycles. The molecule has 0 rings (SSSR count). The minimum atomic E-state index is 1.26. The molecule has 0 unspecified atom stereocenters. The zero-order valence-corrected chi connectivity index (χ0v) is 10.5. The molecule has 1 nitrogen and oxygen atoms in total. The molecule has 14 heavy (non-hydrogen) atoms. The van der Waals surface area contributed by atoms with Gasteiger partial charge in [0.05, 0.1) is 0 Å². The highest BCUT2D eigenvalue weighted by molar-refractivity contribution is 4.95. The van der Waals surface area contributed by atoms with Crippen LogP contribution in [0, 0.1) is 0 Å². The molecular weight excluding hydrogens is 170 g/mol. The monoisotopic (exact) mass is 197 g/mol. The van der Waals surface area contributed by atoms with E-state index >= 15 is 0 Å². The van der Waals surface area contributed by atoms with Gasteiger partial charge in [0.25, 0.3) is 0 Å². The quantitative estimate of drug-likeness (QED) is 0.534. The predicted octanol–water partition coefficient (Wildman–Crippen LogP) is 3.85. The number of hydrogen-bond donors (Lipinski definition) is 0. The van der Waals surface area contributed by atoms with Crippen LogP contribution in [0.3, 0.4) is 0 Å². The molecule has 0 fully saturated rings. The molecule has 0 amide bonds. The third-order valence-corrected chi connectivity index (χ3v) is 2.62. The van der Waals surface area contributed by atoms with Crippen LogP contribution in [-0.2, 0) is 0 Å². The summed E-state index contributed by atoms with van der Waals surface area (Å²) in [5.74, 6) is 0. The van der Waals surface area contributed by atoms with Gasteiger partial charge in [0.1, 0.15) is 0 Å². The van der Waals surface area contributed by atoms with E-state index in [1.807, 2.05) is 0 Å². The lowest BCUT2D eigenvalue weighted by atomic mass is 10.1. The van der Waals surface area contributed by atoms with Gasteiger partial charge in [-0.05, 0) is 59.2 Å². The van der Waals surface area contributed by atoms with E-state index in [2.05, 4.69) is 38.7 Å². The van der Waals surface area contributed by atoms with Crippen molar-refractivity contribution >= 4 is 0 Å². The van der Waals surface area contributed by atoms with Crippen LogP contribution in [-0.4, -0.2) is 24.5 Å². The average molecular weight is 197 g/mol. The van der Waals surface area contributed by atoms with E-state index < -0.39 is 0 Å². The highest BCUT2D eigenvalue weighted by Gasteiger charge is 2.01. The maximum atomic E-state index is 2.59. The van der Waals surface area contributed by atoms with Crippen molar-refractivity contribution in [2.45, 2.75) is 53.4 Å². The molecule has 0 N–H and O–H groups in total. The van der Waals surface area contributed by atoms with Gasteiger partial charge in [-0.3, -0.25) is 0 Å². The van der Waals surface area contributed by atoms with Gasteiger partial charge in [-0.2, -0.15) is 0 Å². The Labute approximate surface area is 90.2 Å². The van der Waals surface area contributed by atoms with E-state index in [9.17, 15) is 0 Å². The summed E-state index contributed by atoms with van der Waals surface area (Å²) >= 11 is 0. The fourth-order valence-electron chi connectivity index (χ4n) is 1.69. The Morgan fingerprint density at radius 2 is 1.64 bits per heavy atom. The van der Waals surface area contributed by atoms with Gasteiger partial charge in [-0.25, -0.2) is 0 Å². The predicted molar refractivity (Wildman–Crippen MR) is 65.7 cm³/mol. The van der Waals surface area contributed by atoms with Crippen LogP contribution in [0.15, 0.2) is 11.6 Å². The molecule has 0 saturated carbocycles. The van der Waals surface area contributed by atoms with Crippen molar-refractivity contribution in [2.24, 2.45) is 0 Å². The first-order chi connectivity index (χ1) is 6.74. The first kappa shape index (κ1) is 13.7. The minimum absolute atomic E-state index is 1.26. The van der Waals surface area contributed by atoms with Crippen LogP contribution in [0.1, 0.15) is 53.4 Å². The van der Waals surface area contributed by atoms with E-state index in [0.29, 0.717) is 0 Å². The second-order valence-electron chi connectivity index (χ2n) is 4.08. The molecule has 84 valence electrons. The molecule has 0 atom stereocenters. The third-order valence-electron chi connectivity index (χ3n) is 2.62. The topological polar surface area (TPSA) is 3.24 Å². The van der Waals surface area contributed by atoms with Crippen molar-refractivity contribution in [3.63, 3.8) is 0 Å². The molecule has 0 aliphatic carbocycles. The second-order valence-corrected chi connectivity index (χ2v) is 4.08. The first-order valence-electron chi connectivity index (χ1n) is 6.08. The zero-order chi connectivity index (χ0) is 10.8. The Kier molecular flexibility index (Phi) is 9.06. The van der Waals surface area contributed by atoms with Gasteiger partial charge < -0.3 is 4.90 Å². The molecule has 0 aromatic heterocycles. The van der Waals surface area contributed by atoms with E-state index in [0.717, 1.165) is 0 Å². The third kappa shape index (κ3) is 7.14. The number of nitrogens with zero attached hydrogens (tertiary/aromatic N) is 1. The summed E-state index contributed by atoms with van der Waals surface area (Å²) in [5, 5.41) is 0. The van der Waals surface area contributed by atoms with E-state index in [4.69, 9.17) is 0 Å². The SMILES string of the molecule is CC=C(C)CCCN(CCC)CCC. The fraction of sp³-hybridized carbons (Fsp3) is 0.846. The molecule has 1 heteroatoms. The normalized spacial score (nSPS) is 12.5. The summed E-state index contributed by atoms with van der Waals surface area (Å²) in [5.41, 5.74) is 1.53. The highest BCUT2D eigenvalue weighted by Crippen LogP contribution is 2.05. The summed E-state index contributed by atoms with van der Waals surface area (Å²) in [7, 11) is 0. The smallest absolute Gasteiger partial charge is 0.00157 e. The number of hydrogen-bond acceptors (Lipinski definition) is 1. The summed E-state index contributed by atoms with van der Waals surface area (Å²) in [4.78, 5) is 2.59. The Balaban J connectivity index is 3.59. The van der Waals surface area contributed by atoms with Crippen LogP contribution >= 0.6 is 0 Å². The average Bonchev–Trinajstić information content (AvgIpc) is 2.18. The first-order valence-corrected chi connectivity index (χ1v) is 6.08. The summed E-state index contributed by atoms with van der Waals surface area (Å²) in [6, 6.07) is 0. The van der Waals surface area contributed by atoms with Gasteiger partial charge in [-0.15, -0.1) is 0 Å². The molecule has 0 aromatic carbocycles. The minimum Gasteiger partial charge on any atom is -0.303 e. The number of allylic oxidation sites excluding steroid dienone is 2. The fourth-order valence-corrected chi connectivity index (χ4v) is 1.69. The Hall–Kier alpha value is -0.300. The molecule has 0 radical (unpaired) electrons. The lowest BCUT2D eigenvalue weighted by Gasteiger charge is -2.20. The lowest BCUT2D eigenvalue weighted by molar-refractivity contribution is 0.271. The maximum Gasteiger partial charge on any atom is -0.00157 e. The van der Waals surface area contributed by atoms with Crippen LogP contribution < -0.4 is 0 Å². The second kappa shape index (κ2) is 9.26. The van der Waals surface area contributed by atoms with Gasteiger partial charge in [0.15, 0.2) is 0 Å². The standard InChI is InChI=1S/C13H27N/c1-5-10-14(11-6-2)12-8-9-13(4)7-3/h7H,5-6,8-12H2,1-4H3. The van der Waals surface area contributed by atoms with Crippen molar-refractivity contribution in [2.75, 3.05) is 19.6 Å². The van der Waals surface area contributed by atoms with Crippen molar-refractivity contribution < 1.29 is 0 Å². The Bertz CT molecular complexity index is 143. The van der Waals surface area contributed by atoms with E-state index in [1.54, 1.807) is 0 Å². The summed E-state index contributed by atoms with van der Waals surface area (Å²) < 4.78 is 0. The van der Waals surface area contributed by atoms with E-state index in [-0.39, 0.29) is 0 Å². The lowest BCUT2D eigenvalue weighted by Crippen LogP contribution is -2.26. The highest BCUT2D eigenvalue weighted by atomic mass is 15.1. The van der Waals surface area contributed by atoms with Gasteiger partial charge in [0.2, 0.25) is 0 Å². The molecular formula is C13H27N. The molecule has 0 aliphatic heterocycles. The van der Waals surface area contributed by atoms with Crippen molar-refractivity contribution in [3.8, 4) is 0 Å². The van der Waals surface area contributed by atoms with Crippen LogP contribution in [0.5, 0.6) is 0 Å². The van der Waals surface area contributed by atoms with Crippen LogP contribution in [0.4, 0.5) is 0 Å². The van der Waals surface area contributed by atoms with Crippen molar-refractivity contribution in [1.82, 2.24) is 4.90 Å².